The number of aryl methyl sites for hydroxylation is 3. The quantitative estimate of drug-likeness (QED) is 0.339. The van der Waals surface area contributed by atoms with Crippen LogP contribution < -0.4 is 4.57 Å². The third-order valence-corrected chi connectivity index (χ3v) is 4.64. The van der Waals surface area contributed by atoms with Gasteiger partial charge in [0.25, 0.3) is 0 Å². The Morgan fingerprint density at radius 2 is 1.80 bits per heavy atom. The molecular formula is C21H16FN2O+. The van der Waals surface area contributed by atoms with Gasteiger partial charge in [-0.1, -0.05) is 30.3 Å². The predicted octanol–water partition coefficient (Wildman–Crippen LogP) is 5.38. The van der Waals surface area contributed by atoms with Gasteiger partial charge in [0, 0.05) is 22.4 Å². The van der Waals surface area contributed by atoms with Crippen LogP contribution in [-0.4, -0.2) is 0 Å². The fourth-order valence-electron chi connectivity index (χ4n) is 3.36. The molecule has 0 radical (unpaired) electrons. The minimum atomic E-state index is -0.248. The number of fused-ring (bicyclic) bond motifs is 3. The second-order valence-corrected chi connectivity index (χ2v) is 6.30. The minimum Gasteiger partial charge on any atom is -0.466 e. The molecule has 4 heteroatoms. The summed E-state index contributed by atoms with van der Waals surface area (Å²) in [7, 11) is 1.90. The van der Waals surface area contributed by atoms with Crippen molar-refractivity contribution >= 4 is 27.6 Å². The molecule has 0 saturated heterocycles. The summed E-state index contributed by atoms with van der Waals surface area (Å²) in [5.41, 5.74) is 4.93. The van der Waals surface area contributed by atoms with E-state index >= 15 is 0 Å². The summed E-state index contributed by atoms with van der Waals surface area (Å²) in [5, 5.41) is 1.84. The van der Waals surface area contributed by atoms with Gasteiger partial charge in [0.2, 0.25) is 11.4 Å². The Labute approximate surface area is 144 Å². The highest BCUT2D eigenvalue weighted by molar-refractivity contribution is 6.12. The molecule has 0 amide bonds. The van der Waals surface area contributed by atoms with Gasteiger partial charge in [0.05, 0.1) is 12.1 Å². The number of hydrogen-bond acceptors (Lipinski definition) is 1. The monoisotopic (exact) mass is 331 g/mol. The number of benzene rings is 2. The van der Waals surface area contributed by atoms with E-state index in [2.05, 4.69) is 4.85 Å². The Bertz CT molecular complexity index is 1200. The van der Waals surface area contributed by atoms with E-state index in [0.717, 1.165) is 27.6 Å². The van der Waals surface area contributed by atoms with E-state index in [-0.39, 0.29) is 5.82 Å². The lowest BCUT2D eigenvalue weighted by Gasteiger charge is -2.06. The molecule has 0 unspecified atom stereocenters. The zero-order chi connectivity index (χ0) is 17.7. The molecule has 0 fully saturated rings. The molecule has 0 spiro atoms. The number of pyridine rings is 1. The average molecular weight is 331 g/mol. The van der Waals surface area contributed by atoms with E-state index in [9.17, 15) is 4.39 Å². The third kappa shape index (κ3) is 2.20. The molecule has 2 aromatic carbocycles. The van der Waals surface area contributed by atoms with Crippen molar-refractivity contribution in [2.24, 2.45) is 7.05 Å². The van der Waals surface area contributed by atoms with E-state index in [1.54, 1.807) is 25.3 Å². The van der Waals surface area contributed by atoms with E-state index < -0.39 is 0 Å². The summed E-state index contributed by atoms with van der Waals surface area (Å²) in [4.78, 5) is 3.55. The standard InChI is InChI=1S/C21H16FN2O/c1-12-8-9-15-14-6-5-7-17(23-3)20(14)25-21(15)19(12)18-10-16(22)13(2)11-24(18)4/h5-11H,1-2,4H3/q+1. The first-order valence-electron chi connectivity index (χ1n) is 7.99. The predicted molar refractivity (Wildman–Crippen MR) is 96.0 cm³/mol. The fraction of sp³-hybridized carbons (Fsp3) is 0.143. The smallest absolute Gasteiger partial charge is 0.229 e. The first-order valence-corrected chi connectivity index (χ1v) is 7.99. The van der Waals surface area contributed by atoms with Gasteiger partial charge in [0.15, 0.2) is 6.20 Å². The number of nitrogens with zero attached hydrogens (tertiary/aromatic N) is 2. The molecule has 0 saturated carbocycles. The highest BCUT2D eigenvalue weighted by atomic mass is 19.1. The first-order chi connectivity index (χ1) is 12.0. The summed E-state index contributed by atoms with van der Waals surface area (Å²) in [6.45, 7) is 11.1. The highest BCUT2D eigenvalue weighted by Crippen LogP contribution is 2.40. The van der Waals surface area contributed by atoms with E-state index in [1.807, 2.05) is 42.8 Å². The molecule has 0 aliphatic rings. The molecule has 3 nitrogen and oxygen atoms in total. The van der Waals surface area contributed by atoms with E-state index in [0.29, 0.717) is 22.4 Å². The molecule has 122 valence electrons. The maximum absolute atomic E-state index is 14.2. The van der Waals surface area contributed by atoms with Crippen molar-refractivity contribution < 1.29 is 13.4 Å². The largest absolute Gasteiger partial charge is 0.466 e. The van der Waals surface area contributed by atoms with E-state index in [1.165, 1.54) is 0 Å². The molecule has 0 N–H and O–H groups in total. The van der Waals surface area contributed by atoms with Crippen LogP contribution in [0.2, 0.25) is 0 Å². The van der Waals surface area contributed by atoms with Crippen molar-refractivity contribution in [2.45, 2.75) is 13.8 Å². The van der Waals surface area contributed by atoms with Crippen molar-refractivity contribution in [3.8, 4) is 11.3 Å². The lowest BCUT2D eigenvalue weighted by molar-refractivity contribution is -0.661. The van der Waals surface area contributed by atoms with Gasteiger partial charge in [-0.2, -0.15) is 0 Å². The van der Waals surface area contributed by atoms with Gasteiger partial charge < -0.3 is 4.42 Å². The summed E-state index contributed by atoms with van der Waals surface area (Å²) < 4.78 is 22.2. The zero-order valence-corrected chi connectivity index (χ0v) is 14.2. The molecular weight excluding hydrogens is 315 g/mol. The van der Waals surface area contributed by atoms with Crippen molar-refractivity contribution in [1.29, 1.82) is 0 Å². The summed E-state index contributed by atoms with van der Waals surface area (Å²) in [6, 6.07) is 11.1. The van der Waals surface area contributed by atoms with Crippen molar-refractivity contribution in [3.63, 3.8) is 0 Å². The van der Waals surface area contributed by atoms with E-state index in [4.69, 9.17) is 11.0 Å². The summed E-state index contributed by atoms with van der Waals surface area (Å²) in [6.07, 6.45) is 1.77. The van der Waals surface area contributed by atoms with Crippen molar-refractivity contribution in [2.75, 3.05) is 0 Å². The van der Waals surface area contributed by atoms with Crippen LogP contribution in [-0.2, 0) is 7.05 Å². The third-order valence-electron chi connectivity index (χ3n) is 4.64. The molecule has 0 bridgehead atoms. The van der Waals surface area contributed by atoms with Crippen LogP contribution in [0.5, 0.6) is 0 Å². The molecule has 2 heterocycles. The number of hydrogen-bond donors (Lipinski definition) is 0. The summed E-state index contributed by atoms with van der Waals surface area (Å²) in [5.74, 6) is -0.248. The number of rotatable bonds is 1. The number of aromatic nitrogens is 1. The van der Waals surface area contributed by atoms with Gasteiger partial charge in [0.1, 0.15) is 24.0 Å². The van der Waals surface area contributed by atoms with Gasteiger partial charge >= 0.3 is 0 Å². The first kappa shape index (κ1) is 15.3. The molecule has 4 rings (SSSR count). The lowest BCUT2D eigenvalue weighted by atomic mass is 10.00. The minimum absolute atomic E-state index is 0.248. The maximum Gasteiger partial charge on any atom is 0.229 e. The molecule has 0 aliphatic carbocycles. The highest BCUT2D eigenvalue weighted by Gasteiger charge is 2.22. The van der Waals surface area contributed by atoms with Gasteiger partial charge in [-0.3, -0.25) is 0 Å². The Balaban J connectivity index is 2.17. The van der Waals surface area contributed by atoms with Crippen LogP contribution in [0.4, 0.5) is 10.1 Å². The van der Waals surface area contributed by atoms with Crippen molar-refractivity contribution in [3.05, 3.63) is 71.0 Å². The van der Waals surface area contributed by atoms with Crippen LogP contribution in [0, 0.1) is 26.2 Å². The van der Waals surface area contributed by atoms with Crippen LogP contribution in [0.15, 0.2) is 47.0 Å². The fourth-order valence-corrected chi connectivity index (χ4v) is 3.36. The normalized spacial score (nSPS) is 11.2. The Morgan fingerprint density at radius 1 is 1.04 bits per heavy atom. The van der Waals surface area contributed by atoms with Gasteiger partial charge in [-0.25, -0.2) is 13.8 Å². The molecule has 4 aromatic rings. The number of halogens is 1. The molecule has 2 aromatic heterocycles. The SMILES string of the molecule is [C-]#[N+]c1cccc2c1oc1c(-c3cc(F)c(C)c[n+]3C)c(C)ccc12. The van der Waals surface area contributed by atoms with Gasteiger partial charge in [-0.05, 0) is 19.4 Å². The van der Waals surface area contributed by atoms with Gasteiger partial charge in [-0.15, -0.1) is 0 Å². The number of furan rings is 1. The second-order valence-electron chi connectivity index (χ2n) is 6.30. The molecule has 0 aliphatic heterocycles. The molecule has 25 heavy (non-hydrogen) atoms. The zero-order valence-electron chi connectivity index (χ0n) is 14.2. The van der Waals surface area contributed by atoms with Crippen LogP contribution >= 0.6 is 0 Å². The maximum atomic E-state index is 14.2. The second kappa shape index (κ2) is 5.42. The summed E-state index contributed by atoms with van der Waals surface area (Å²) >= 11 is 0. The Kier molecular flexibility index (Phi) is 3.33. The number of para-hydroxylation sites is 1. The lowest BCUT2D eigenvalue weighted by Crippen LogP contribution is -2.31. The Morgan fingerprint density at radius 3 is 2.56 bits per heavy atom. The molecule has 0 atom stereocenters. The topological polar surface area (TPSA) is 21.4 Å². The van der Waals surface area contributed by atoms with Crippen LogP contribution in [0.25, 0.3) is 38.0 Å². The van der Waals surface area contributed by atoms with Crippen LogP contribution in [0.3, 0.4) is 0 Å². The Hall–Kier alpha value is -3.19. The average Bonchev–Trinajstić information content (AvgIpc) is 2.97. The van der Waals surface area contributed by atoms with Crippen LogP contribution in [0.1, 0.15) is 11.1 Å². The van der Waals surface area contributed by atoms with Crippen molar-refractivity contribution in [1.82, 2.24) is 0 Å².